The number of aromatic nitrogens is 2. The Balaban J connectivity index is 1.55. The zero-order valence-electron chi connectivity index (χ0n) is 18.4. The fourth-order valence-corrected chi connectivity index (χ4v) is 4.11. The number of aliphatic hydroxyl groups is 1. The van der Waals surface area contributed by atoms with Gasteiger partial charge in [0.1, 0.15) is 30.1 Å². The molecule has 3 heterocycles. The highest BCUT2D eigenvalue weighted by Gasteiger charge is 2.39. The molecule has 0 radical (unpaired) electrons. The number of carbonyl (C=O) groups is 1. The molecule has 1 saturated heterocycles. The first-order valence-corrected chi connectivity index (χ1v) is 11.7. The van der Waals surface area contributed by atoms with E-state index in [0.29, 0.717) is 11.1 Å². The lowest BCUT2D eigenvalue weighted by molar-refractivity contribution is -0.150. The number of benzene rings is 1. The molecule has 1 aliphatic rings. The molecule has 0 bridgehead atoms. The number of halogens is 1. The van der Waals surface area contributed by atoms with Gasteiger partial charge in [0, 0.05) is 18.2 Å². The van der Waals surface area contributed by atoms with Crippen molar-refractivity contribution in [3.8, 4) is 11.3 Å². The average Bonchev–Trinajstić information content (AvgIpc) is 3.42. The minimum Gasteiger partial charge on any atom is -0.458 e. The molecule has 0 aliphatic carbocycles. The summed E-state index contributed by atoms with van der Waals surface area (Å²) in [5, 5.41) is 10.2. The number of furan rings is 1. The van der Waals surface area contributed by atoms with Gasteiger partial charge in [0.05, 0.1) is 12.0 Å². The van der Waals surface area contributed by atoms with Crippen LogP contribution in [0.3, 0.4) is 0 Å². The zero-order chi connectivity index (χ0) is 23.4. The summed E-state index contributed by atoms with van der Waals surface area (Å²) in [7, 11) is 0. The number of unbranched alkanes of at least 4 members (excludes halogenated alkanes) is 2. The first kappa shape index (κ1) is 23.5. The Kier molecular flexibility index (Phi) is 7.47. The van der Waals surface area contributed by atoms with Gasteiger partial charge in [-0.2, -0.15) is 4.98 Å². The van der Waals surface area contributed by atoms with E-state index in [2.05, 4.69) is 24.0 Å². The van der Waals surface area contributed by atoms with Crippen molar-refractivity contribution in [2.75, 3.05) is 12.5 Å². The summed E-state index contributed by atoms with van der Waals surface area (Å²) in [6.45, 7) is 1.83. The molecule has 1 aromatic carbocycles. The molecule has 3 atom stereocenters. The Bertz CT molecular complexity index is 1160. The topological polar surface area (TPSA) is 104 Å². The largest absolute Gasteiger partial charge is 0.458 e. The van der Waals surface area contributed by atoms with Gasteiger partial charge < -0.3 is 19.0 Å². The molecule has 8 nitrogen and oxygen atoms in total. The number of rotatable bonds is 9. The smallest absolute Gasteiger partial charge is 0.353 e. The fourth-order valence-electron chi connectivity index (χ4n) is 4.05. The fraction of sp³-hybridized carbons (Fsp3) is 0.458. The highest BCUT2D eigenvalue weighted by molar-refractivity contribution is 6.26. The third-order valence-electron chi connectivity index (χ3n) is 5.81. The second-order valence-corrected chi connectivity index (χ2v) is 8.43. The van der Waals surface area contributed by atoms with E-state index < -0.39 is 30.1 Å². The Hall–Kier alpha value is -2.68. The van der Waals surface area contributed by atoms with Crippen LogP contribution in [0.15, 0.2) is 45.7 Å². The summed E-state index contributed by atoms with van der Waals surface area (Å²) in [4.78, 5) is 28.2. The van der Waals surface area contributed by atoms with Crippen LogP contribution in [0.25, 0.3) is 22.4 Å². The lowest BCUT2D eigenvalue weighted by Gasteiger charge is -2.15. The van der Waals surface area contributed by atoms with Gasteiger partial charge in [-0.15, -0.1) is 11.6 Å². The van der Waals surface area contributed by atoms with Crippen molar-refractivity contribution in [2.45, 2.75) is 57.5 Å². The van der Waals surface area contributed by atoms with E-state index in [-0.39, 0.29) is 24.6 Å². The van der Waals surface area contributed by atoms with Crippen LogP contribution in [0.1, 0.15) is 44.4 Å². The Labute approximate surface area is 196 Å². The maximum absolute atomic E-state index is 12.6. The highest BCUT2D eigenvalue weighted by Crippen LogP contribution is 2.32. The molecular weight excluding hydrogens is 448 g/mol. The molecule has 2 aromatic heterocycles. The first-order chi connectivity index (χ1) is 16.0. The molecule has 176 valence electrons. The molecule has 9 heteroatoms. The lowest BCUT2D eigenvalue weighted by Crippen LogP contribution is -2.30. The molecule has 0 saturated carbocycles. The van der Waals surface area contributed by atoms with Crippen LogP contribution in [-0.2, 0) is 20.7 Å². The number of fused-ring (bicyclic) bond motifs is 1. The Morgan fingerprint density at radius 3 is 2.79 bits per heavy atom. The second-order valence-electron chi connectivity index (χ2n) is 8.17. The summed E-state index contributed by atoms with van der Waals surface area (Å²) >= 11 is 5.50. The van der Waals surface area contributed by atoms with Crippen LogP contribution in [0, 0.1) is 0 Å². The molecule has 1 fully saturated rings. The number of aryl methyl sites for hydroxylation is 1. The lowest BCUT2D eigenvalue weighted by atomic mass is 10.0. The van der Waals surface area contributed by atoms with Gasteiger partial charge in [0.25, 0.3) is 0 Å². The maximum Gasteiger partial charge on any atom is 0.353 e. The van der Waals surface area contributed by atoms with E-state index in [9.17, 15) is 14.7 Å². The molecule has 4 rings (SSSR count). The van der Waals surface area contributed by atoms with E-state index in [4.69, 9.17) is 25.5 Å². The van der Waals surface area contributed by atoms with Gasteiger partial charge in [0.2, 0.25) is 5.71 Å². The molecule has 1 N–H and O–H groups in total. The van der Waals surface area contributed by atoms with Gasteiger partial charge in [-0.3, -0.25) is 9.36 Å². The van der Waals surface area contributed by atoms with E-state index in [1.54, 1.807) is 6.20 Å². The third kappa shape index (κ3) is 5.29. The summed E-state index contributed by atoms with van der Waals surface area (Å²) in [5.41, 5.74) is 1.86. The van der Waals surface area contributed by atoms with Crippen molar-refractivity contribution >= 4 is 28.7 Å². The number of aliphatic hydroxyl groups excluding tert-OH is 1. The number of hydrogen-bond acceptors (Lipinski definition) is 7. The molecule has 0 amide bonds. The average molecular weight is 475 g/mol. The number of alkyl halides is 1. The first-order valence-electron chi connectivity index (χ1n) is 11.2. The normalized spacial score (nSPS) is 20.4. The minimum absolute atomic E-state index is 0.200. The Morgan fingerprint density at radius 1 is 1.30 bits per heavy atom. The van der Waals surface area contributed by atoms with Crippen molar-refractivity contribution in [1.82, 2.24) is 9.55 Å². The predicted octanol–water partition coefficient (Wildman–Crippen LogP) is 3.82. The van der Waals surface area contributed by atoms with E-state index in [0.717, 1.165) is 12.0 Å². The highest BCUT2D eigenvalue weighted by atomic mass is 35.5. The van der Waals surface area contributed by atoms with Gasteiger partial charge in [0.15, 0.2) is 0 Å². The van der Waals surface area contributed by atoms with Crippen LogP contribution in [0.5, 0.6) is 0 Å². The molecule has 33 heavy (non-hydrogen) atoms. The van der Waals surface area contributed by atoms with Crippen molar-refractivity contribution in [3.05, 3.63) is 52.6 Å². The minimum atomic E-state index is -0.750. The molecule has 0 spiro atoms. The predicted molar refractivity (Wildman–Crippen MR) is 123 cm³/mol. The van der Waals surface area contributed by atoms with Crippen LogP contribution in [-0.4, -0.2) is 45.3 Å². The molecule has 3 aromatic rings. The summed E-state index contributed by atoms with van der Waals surface area (Å²) in [6, 6.07) is 10.0. The molecular formula is C24H27ClN2O6. The molecule has 1 aliphatic heterocycles. The third-order valence-corrected chi connectivity index (χ3v) is 6.02. The zero-order valence-corrected chi connectivity index (χ0v) is 19.2. The van der Waals surface area contributed by atoms with Crippen molar-refractivity contribution in [2.24, 2.45) is 0 Å². The standard InChI is InChI=1S/C24H27ClN2O6/c1-2-3-4-5-15-6-8-16(9-7-15)18-10-17-13-27(24(30)26-23(17)33-18)21-11-19(20(14-28)31-21)32-22(29)12-25/h6-10,13,19-21,28H,2-5,11-12,14H2,1H3. The quantitative estimate of drug-likeness (QED) is 0.285. The van der Waals surface area contributed by atoms with Gasteiger partial charge in [-0.25, -0.2) is 4.79 Å². The Morgan fingerprint density at radius 2 is 2.09 bits per heavy atom. The summed E-state index contributed by atoms with van der Waals surface area (Å²) in [6.07, 6.45) is 4.25. The number of carbonyl (C=O) groups excluding carboxylic acids is 1. The number of ether oxygens (including phenoxy) is 2. The SMILES string of the molecule is CCCCCc1ccc(-c2cc3cn(C4CC(OC(=O)CCl)C(CO)O4)c(=O)nc3o2)cc1. The van der Waals surface area contributed by atoms with Gasteiger partial charge in [-0.1, -0.05) is 44.0 Å². The van der Waals surface area contributed by atoms with E-state index >= 15 is 0 Å². The van der Waals surface area contributed by atoms with Crippen LogP contribution in [0.4, 0.5) is 0 Å². The summed E-state index contributed by atoms with van der Waals surface area (Å²) < 4.78 is 18.1. The van der Waals surface area contributed by atoms with Gasteiger partial charge in [-0.05, 0) is 24.5 Å². The molecule has 3 unspecified atom stereocenters. The van der Waals surface area contributed by atoms with Crippen molar-refractivity contribution in [3.63, 3.8) is 0 Å². The van der Waals surface area contributed by atoms with Gasteiger partial charge >= 0.3 is 11.7 Å². The monoisotopic (exact) mass is 474 g/mol. The van der Waals surface area contributed by atoms with Crippen LogP contribution in [0.2, 0.25) is 0 Å². The van der Waals surface area contributed by atoms with Crippen LogP contribution < -0.4 is 5.69 Å². The van der Waals surface area contributed by atoms with Crippen LogP contribution >= 0.6 is 11.6 Å². The van der Waals surface area contributed by atoms with E-state index in [1.807, 2.05) is 18.2 Å². The van der Waals surface area contributed by atoms with Crippen molar-refractivity contribution in [1.29, 1.82) is 0 Å². The van der Waals surface area contributed by atoms with E-state index in [1.165, 1.54) is 29.4 Å². The summed E-state index contributed by atoms with van der Waals surface area (Å²) in [5.74, 6) is -0.296. The maximum atomic E-state index is 12.6. The second kappa shape index (κ2) is 10.5. The van der Waals surface area contributed by atoms with Crippen molar-refractivity contribution < 1.29 is 23.8 Å². The number of hydrogen-bond donors (Lipinski definition) is 1. The number of esters is 1. The number of nitrogens with zero attached hydrogens (tertiary/aromatic N) is 2.